The first-order valence-electron chi connectivity index (χ1n) is 12.8. The Morgan fingerprint density at radius 1 is 0.769 bits per heavy atom. The third kappa shape index (κ3) is 30.7. The standard InChI is InChI=1S/C8H10O.C7H7F.C7H14O2.C5H10O2.C4H8O2/c1-7-3-5-8(9-2)6-4-7;1-6-2-4-7(8)5-3-6;1-5-9-6(8)7(2,3)4;1-4(2)7-5(3)6;1-3-6-4(2)5/h3-6H,1-2H3;2-5H,1H3;5H2,1-4H3;4H,1-3H3;3H2,1-2H3. The van der Waals surface area contributed by atoms with E-state index >= 15 is 0 Å². The minimum Gasteiger partial charge on any atom is -0.497 e. The Labute approximate surface area is 235 Å². The van der Waals surface area contributed by atoms with Gasteiger partial charge in [-0.2, -0.15) is 0 Å². The van der Waals surface area contributed by atoms with Crippen molar-refractivity contribution in [1.29, 1.82) is 0 Å². The highest BCUT2D eigenvalue weighted by Crippen LogP contribution is 2.14. The van der Waals surface area contributed by atoms with Crippen molar-refractivity contribution in [2.45, 2.75) is 82.3 Å². The number of aryl methyl sites for hydroxylation is 2. The monoisotopic (exact) mass is 552 g/mol. The molecule has 0 bridgehead atoms. The molecule has 0 atom stereocenters. The number of rotatable bonds is 4. The molecule has 7 nitrogen and oxygen atoms in total. The van der Waals surface area contributed by atoms with Gasteiger partial charge in [0.15, 0.2) is 0 Å². The zero-order valence-corrected chi connectivity index (χ0v) is 25.8. The quantitative estimate of drug-likeness (QED) is 0.291. The lowest BCUT2D eigenvalue weighted by molar-refractivity contribution is -0.152. The lowest BCUT2D eigenvalue weighted by Crippen LogP contribution is -2.22. The molecule has 0 fully saturated rings. The van der Waals surface area contributed by atoms with Gasteiger partial charge in [0, 0.05) is 13.8 Å². The van der Waals surface area contributed by atoms with Crippen molar-refractivity contribution in [2.24, 2.45) is 5.41 Å². The van der Waals surface area contributed by atoms with Gasteiger partial charge in [-0.25, -0.2) is 4.39 Å². The number of ether oxygens (including phenoxy) is 4. The first-order chi connectivity index (χ1) is 18.0. The van der Waals surface area contributed by atoms with E-state index in [2.05, 4.69) is 16.4 Å². The number of carbonyl (C=O) groups excluding carboxylic acids is 3. The van der Waals surface area contributed by atoms with E-state index in [1.54, 1.807) is 26.2 Å². The van der Waals surface area contributed by atoms with E-state index in [0.717, 1.165) is 11.3 Å². The van der Waals surface area contributed by atoms with Gasteiger partial charge in [-0.1, -0.05) is 35.4 Å². The minimum absolute atomic E-state index is 0.0255. The molecular formula is C31H49FO7. The first kappa shape index (κ1) is 40.1. The van der Waals surface area contributed by atoms with E-state index in [1.165, 1.54) is 31.5 Å². The fourth-order valence-corrected chi connectivity index (χ4v) is 2.09. The number of esters is 3. The first-order valence-corrected chi connectivity index (χ1v) is 12.8. The molecule has 2 aromatic rings. The largest absolute Gasteiger partial charge is 0.497 e. The van der Waals surface area contributed by atoms with E-state index in [-0.39, 0.29) is 35.2 Å². The maximum absolute atomic E-state index is 12.1. The van der Waals surface area contributed by atoms with Gasteiger partial charge in [0.25, 0.3) is 0 Å². The zero-order chi connectivity index (χ0) is 31.0. The normalized spacial score (nSPS) is 9.38. The molecule has 0 radical (unpaired) electrons. The minimum atomic E-state index is -0.351. The van der Waals surface area contributed by atoms with Gasteiger partial charge in [0.1, 0.15) is 11.6 Å². The maximum Gasteiger partial charge on any atom is 0.311 e. The molecule has 0 amide bonds. The van der Waals surface area contributed by atoms with E-state index in [0.29, 0.717) is 13.2 Å². The molecule has 0 aliphatic rings. The summed E-state index contributed by atoms with van der Waals surface area (Å²) in [5.74, 6) is 0.189. The van der Waals surface area contributed by atoms with Crippen LogP contribution in [0.25, 0.3) is 0 Å². The molecule has 0 aliphatic carbocycles. The lowest BCUT2D eigenvalue weighted by atomic mass is 9.97. The fraction of sp³-hybridized carbons (Fsp3) is 0.516. The molecule has 0 heterocycles. The van der Waals surface area contributed by atoms with Crippen molar-refractivity contribution in [3.63, 3.8) is 0 Å². The van der Waals surface area contributed by atoms with E-state index in [1.807, 2.05) is 72.7 Å². The second-order valence-electron chi connectivity index (χ2n) is 9.37. The van der Waals surface area contributed by atoms with Crippen molar-refractivity contribution in [1.82, 2.24) is 0 Å². The van der Waals surface area contributed by atoms with Crippen LogP contribution in [-0.4, -0.2) is 44.3 Å². The number of halogens is 1. The third-order valence-electron chi connectivity index (χ3n) is 3.90. The third-order valence-corrected chi connectivity index (χ3v) is 3.90. The SMILES string of the molecule is CC(=O)OC(C)C.CCOC(=O)C(C)(C)C.CCOC(C)=O.COc1ccc(C)cc1.Cc1ccc(F)cc1. The molecular weight excluding hydrogens is 503 g/mol. The molecule has 0 unspecified atom stereocenters. The Kier molecular flexibility index (Phi) is 24.3. The summed E-state index contributed by atoms with van der Waals surface area (Å²) in [5.41, 5.74) is 2.00. The summed E-state index contributed by atoms with van der Waals surface area (Å²) in [6, 6.07) is 14.4. The van der Waals surface area contributed by atoms with Crippen LogP contribution >= 0.6 is 0 Å². The van der Waals surface area contributed by atoms with Crippen LogP contribution in [0.5, 0.6) is 5.75 Å². The summed E-state index contributed by atoms with van der Waals surface area (Å²) >= 11 is 0. The van der Waals surface area contributed by atoms with E-state index in [4.69, 9.17) is 9.47 Å². The average molecular weight is 553 g/mol. The van der Waals surface area contributed by atoms with Gasteiger partial charge < -0.3 is 18.9 Å². The van der Waals surface area contributed by atoms with Crippen LogP contribution in [0.2, 0.25) is 0 Å². The highest BCUT2D eigenvalue weighted by Gasteiger charge is 2.21. The van der Waals surface area contributed by atoms with Crippen molar-refractivity contribution in [3.05, 3.63) is 65.5 Å². The highest BCUT2D eigenvalue weighted by molar-refractivity contribution is 5.75. The maximum atomic E-state index is 12.1. The van der Waals surface area contributed by atoms with Crippen molar-refractivity contribution >= 4 is 17.9 Å². The van der Waals surface area contributed by atoms with Gasteiger partial charge in [0.05, 0.1) is 31.8 Å². The molecule has 0 aromatic heterocycles. The second kappa shape index (κ2) is 23.7. The number of carbonyl (C=O) groups is 3. The summed E-state index contributed by atoms with van der Waals surface area (Å²) in [4.78, 5) is 30.7. The summed E-state index contributed by atoms with van der Waals surface area (Å²) in [7, 11) is 1.67. The number of hydrogen-bond donors (Lipinski definition) is 0. The summed E-state index contributed by atoms with van der Waals surface area (Å²) in [5, 5.41) is 0. The van der Waals surface area contributed by atoms with Crippen LogP contribution < -0.4 is 4.74 Å². The highest BCUT2D eigenvalue weighted by atomic mass is 19.1. The van der Waals surface area contributed by atoms with Crippen molar-refractivity contribution < 1.29 is 37.7 Å². The molecule has 39 heavy (non-hydrogen) atoms. The Bertz CT molecular complexity index is 879. The van der Waals surface area contributed by atoms with E-state index < -0.39 is 0 Å². The molecule has 0 saturated heterocycles. The van der Waals surface area contributed by atoms with E-state index in [9.17, 15) is 18.8 Å². The van der Waals surface area contributed by atoms with Gasteiger partial charge in [-0.05, 0) is 86.6 Å². The van der Waals surface area contributed by atoms with Crippen LogP contribution in [0, 0.1) is 25.1 Å². The summed E-state index contributed by atoms with van der Waals surface area (Å²) in [6.07, 6.45) is 0.0255. The van der Waals surface area contributed by atoms with Crippen LogP contribution in [0.15, 0.2) is 48.5 Å². The molecule has 222 valence electrons. The number of methoxy groups -OCH3 is 1. The predicted octanol–water partition coefficient (Wildman–Crippen LogP) is 7.26. The topological polar surface area (TPSA) is 88.1 Å². The molecule has 2 aromatic carbocycles. The summed E-state index contributed by atoms with van der Waals surface area (Å²) in [6.45, 7) is 20.5. The predicted molar refractivity (Wildman–Crippen MR) is 154 cm³/mol. The Morgan fingerprint density at radius 2 is 1.18 bits per heavy atom. The number of benzene rings is 2. The molecule has 0 spiro atoms. The van der Waals surface area contributed by atoms with Crippen LogP contribution in [0.1, 0.15) is 73.4 Å². The van der Waals surface area contributed by atoms with Gasteiger partial charge >= 0.3 is 17.9 Å². The molecule has 0 saturated carbocycles. The fourth-order valence-electron chi connectivity index (χ4n) is 2.09. The Balaban J connectivity index is -0.000000419. The molecule has 0 aliphatic heterocycles. The molecule has 0 N–H and O–H groups in total. The Hall–Kier alpha value is -3.42. The lowest BCUT2D eigenvalue weighted by Gasteiger charge is -2.14. The summed E-state index contributed by atoms with van der Waals surface area (Å²) < 4.78 is 30.8. The van der Waals surface area contributed by atoms with Gasteiger partial charge in [0.2, 0.25) is 0 Å². The molecule has 8 heteroatoms. The Morgan fingerprint density at radius 3 is 1.36 bits per heavy atom. The van der Waals surface area contributed by atoms with Crippen LogP contribution in [0.3, 0.4) is 0 Å². The smallest absolute Gasteiger partial charge is 0.311 e. The van der Waals surface area contributed by atoms with Crippen molar-refractivity contribution in [3.8, 4) is 5.75 Å². The second-order valence-corrected chi connectivity index (χ2v) is 9.37. The van der Waals surface area contributed by atoms with Crippen LogP contribution in [0.4, 0.5) is 4.39 Å². The number of hydrogen-bond acceptors (Lipinski definition) is 7. The average Bonchev–Trinajstić information content (AvgIpc) is 2.82. The van der Waals surface area contributed by atoms with Gasteiger partial charge in [-0.15, -0.1) is 0 Å². The zero-order valence-electron chi connectivity index (χ0n) is 25.8. The van der Waals surface area contributed by atoms with Crippen LogP contribution in [-0.2, 0) is 28.6 Å². The molecule has 2 rings (SSSR count). The van der Waals surface area contributed by atoms with Gasteiger partial charge in [-0.3, -0.25) is 14.4 Å². The van der Waals surface area contributed by atoms with Crippen molar-refractivity contribution in [2.75, 3.05) is 20.3 Å².